The molecule has 146 valence electrons. The molecule has 0 spiro atoms. The van der Waals surface area contributed by atoms with Crippen LogP contribution in [0.25, 0.3) is 0 Å². The number of nitrogens with one attached hydrogen (secondary N) is 3. The molecule has 1 fully saturated rings. The van der Waals surface area contributed by atoms with E-state index < -0.39 is 0 Å². The van der Waals surface area contributed by atoms with E-state index in [1.807, 2.05) is 37.4 Å². The fourth-order valence-corrected chi connectivity index (χ4v) is 3.50. The Morgan fingerprint density at radius 2 is 2.04 bits per heavy atom. The Labute approximate surface area is 160 Å². The first-order valence-corrected chi connectivity index (χ1v) is 9.56. The Balaban J connectivity index is 1.52. The van der Waals surface area contributed by atoms with Crippen LogP contribution in [0.4, 0.5) is 16.2 Å². The molecule has 0 radical (unpaired) electrons. The molecule has 2 aromatic rings. The maximum Gasteiger partial charge on any atom is 0.319 e. The van der Waals surface area contributed by atoms with E-state index in [4.69, 9.17) is 4.74 Å². The van der Waals surface area contributed by atoms with Crippen molar-refractivity contribution >= 4 is 17.4 Å². The molecule has 0 bridgehead atoms. The highest BCUT2D eigenvalue weighted by Gasteiger charge is 2.24. The average molecular weight is 371 g/mol. The van der Waals surface area contributed by atoms with Gasteiger partial charge in [0.15, 0.2) is 0 Å². The van der Waals surface area contributed by atoms with Crippen molar-refractivity contribution in [1.29, 1.82) is 0 Å². The topological polar surface area (TPSA) is 82.3 Å². The van der Waals surface area contributed by atoms with Crippen molar-refractivity contribution in [3.63, 3.8) is 0 Å². The smallest absolute Gasteiger partial charge is 0.319 e. The van der Waals surface area contributed by atoms with E-state index in [1.54, 1.807) is 0 Å². The number of carbonyl (C=O) groups excluding carboxylic acids is 1. The van der Waals surface area contributed by atoms with Gasteiger partial charge in [0.25, 0.3) is 0 Å². The maximum atomic E-state index is 12.3. The molecule has 2 amide bonds. The van der Waals surface area contributed by atoms with E-state index in [0.29, 0.717) is 6.54 Å². The zero-order chi connectivity index (χ0) is 19.2. The molecule has 2 atom stereocenters. The number of nitrogens with zero attached hydrogens (tertiary/aromatic N) is 2. The summed E-state index contributed by atoms with van der Waals surface area (Å²) in [6.07, 6.45) is 3.94. The lowest BCUT2D eigenvalue weighted by atomic mass is 10.1. The zero-order valence-electron chi connectivity index (χ0n) is 16.3. The van der Waals surface area contributed by atoms with Crippen LogP contribution < -0.4 is 15.5 Å². The number of aromatic nitrogens is 2. The van der Waals surface area contributed by atoms with Gasteiger partial charge < -0.3 is 20.3 Å². The third-order valence-electron chi connectivity index (χ3n) is 4.76. The Bertz CT molecular complexity index is 750. The molecule has 1 aliphatic heterocycles. The minimum Gasteiger partial charge on any atom is -0.372 e. The summed E-state index contributed by atoms with van der Waals surface area (Å²) in [5.41, 5.74) is 4.13. The Morgan fingerprint density at radius 1 is 1.30 bits per heavy atom. The van der Waals surface area contributed by atoms with E-state index in [9.17, 15) is 4.79 Å². The highest BCUT2D eigenvalue weighted by atomic mass is 16.5. The molecule has 27 heavy (non-hydrogen) atoms. The van der Waals surface area contributed by atoms with Crippen molar-refractivity contribution in [3.8, 4) is 0 Å². The highest BCUT2D eigenvalue weighted by molar-refractivity contribution is 5.93. The van der Waals surface area contributed by atoms with E-state index in [-0.39, 0.29) is 18.2 Å². The second-order valence-corrected chi connectivity index (χ2v) is 7.18. The number of aromatic amines is 1. The first-order chi connectivity index (χ1) is 13.0. The van der Waals surface area contributed by atoms with Crippen LogP contribution in [0, 0.1) is 6.92 Å². The number of benzene rings is 1. The number of para-hydroxylation sites is 2. The van der Waals surface area contributed by atoms with Gasteiger partial charge in [-0.15, -0.1) is 0 Å². The summed E-state index contributed by atoms with van der Waals surface area (Å²) in [5, 5.41) is 12.9. The molecule has 0 unspecified atom stereocenters. The normalized spacial score (nSPS) is 19.7. The fraction of sp³-hybridized carbons (Fsp3) is 0.500. The van der Waals surface area contributed by atoms with Gasteiger partial charge in [0.2, 0.25) is 0 Å². The molecular weight excluding hydrogens is 342 g/mol. The standard InChI is InChI=1S/C20H29N5O2/c1-14-12-25(13-15(2)27-14)19-9-5-4-8-18(19)23-20(26)21-10-6-7-17-11-22-24-16(17)3/h4-5,8-9,11,14-15H,6-7,10,12-13H2,1-3H3,(H,22,24)(H2,21,23,26)/t14-,15+. The van der Waals surface area contributed by atoms with Crippen LogP contribution in [0.2, 0.25) is 0 Å². The first kappa shape index (κ1) is 19.2. The first-order valence-electron chi connectivity index (χ1n) is 9.56. The average Bonchev–Trinajstić information content (AvgIpc) is 3.03. The highest BCUT2D eigenvalue weighted by Crippen LogP contribution is 2.28. The number of hydrogen-bond acceptors (Lipinski definition) is 4. The van der Waals surface area contributed by atoms with E-state index in [1.165, 1.54) is 5.56 Å². The predicted molar refractivity (Wildman–Crippen MR) is 107 cm³/mol. The van der Waals surface area contributed by atoms with Crippen LogP contribution >= 0.6 is 0 Å². The Hall–Kier alpha value is -2.54. The molecular formula is C20H29N5O2. The number of urea groups is 1. The number of H-pyrrole nitrogens is 1. The summed E-state index contributed by atoms with van der Waals surface area (Å²) < 4.78 is 5.82. The molecule has 1 aromatic carbocycles. The van der Waals surface area contributed by atoms with Crippen LogP contribution in [0.3, 0.4) is 0 Å². The number of carbonyl (C=O) groups is 1. The van der Waals surface area contributed by atoms with E-state index in [0.717, 1.165) is 43.0 Å². The van der Waals surface area contributed by atoms with Gasteiger partial charge in [0, 0.05) is 25.3 Å². The molecule has 7 heteroatoms. The van der Waals surface area contributed by atoms with Crippen molar-refractivity contribution in [2.45, 2.75) is 45.8 Å². The van der Waals surface area contributed by atoms with Crippen LogP contribution in [0.15, 0.2) is 30.5 Å². The quantitative estimate of drug-likeness (QED) is 0.682. The number of morpholine rings is 1. The molecule has 3 N–H and O–H groups in total. The lowest BCUT2D eigenvalue weighted by molar-refractivity contribution is -0.00517. The van der Waals surface area contributed by atoms with Gasteiger partial charge in [0.05, 0.1) is 29.8 Å². The summed E-state index contributed by atoms with van der Waals surface area (Å²) in [5.74, 6) is 0. The Morgan fingerprint density at radius 3 is 2.74 bits per heavy atom. The lowest BCUT2D eigenvalue weighted by Crippen LogP contribution is -2.45. The second-order valence-electron chi connectivity index (χ2n) is 7.18. The summed E-state index contributed by atoms with van der Waals surface area (Å²) in [4.78, 5) is 14.6. The van der Waals surface area contributed by atoms with Crippen molar-refractivity contribution in [1.82, 2.24) is 15.5 Å². The maximum absolute atomic E-state index is 12.3. The number of amides is 2. The fourth-order valence-electron chi connectivity index (χ4n) is 3.50. The Kier molecular flexibility index (Phi) is 6.34. The van der Waals surface area contributed by atoms with Crippen LogP contribution in [0.1, 0.15) is 31.5 Å². The monoisotopic (exact) mass is 371 g/mol. The molecule has 2 heterocycles. The lowest BCUT2D eigenvalue weighted by Gasteiger charge is -2.37. The third kappa shape index (κ3) is 5.23. The van der Waals surface area contributed by atoms with E-state index >= 15 is 0 Å². The summed E-state index contributed by atoms with van der Waals surface area (Å²) in [6, 6.07) is 7.74. The largest absolute Gasteiger partial charge is 0.372 e. The molecule has 1 aliphatic rings. The van der Waals surface area contributed by atoms with Crippen LogP contribution in [0.5, 0.6) is 0 Å². The van der Waals surface area contributed by atoms with E-state index in [2.05, 4.69) is 39.6 Å². The number of ether oxygens (including phenoxy) is 1. The van der Waals surface area contributed by atoms with Gasteiger partial charge in [-0.1, -0.05) is 12.1 Å². The summed E-state index contributed by atoms with van der Waals surface area (Å²) >= 11 is 0. The minimum atomic E-state index is -0.180. The number of anilines is 2. The minimum absolute atomic E-state index is 0.169. The molecule has 1 saturated heterocycles. The van der Waals surface area contributed by atoms with Gasteiger partial charge in [-0.2, -0.15) is 5.10 Å². The zero-order valence-corrected chi connectivity index (χ0v) is 16.3. The van der Waals surface area contributed by atoms with Crippen LogP contribution in [-0.2, 0) is 11.2 Å². The van der Waals surface area contributed by atoms with Gasteiger partial charge in [0.1, 0.15) is 0 Å². The molecule has 0 aliphatic carbocycles. The van der Waals surface area contributed by atoms with Gasteiger partial charge in [-0.3, -0.25) is 5.10 Å². The number of aryl methyl sites for hydroxylation is 2. The van der Waals surface area contributed by atoms with Crippen LogP contribution in [-0.4, -0.2) is 48.1 Å². The van der Waals surface area contributed by atoms with Crippen molar-refractivity contribution in [3.05, 3.63) is 41.7 Å². The van der Waals surface area contributed by atoms with Crippen molar-refractivity contribution in [2.75, 3.05) is 29.9 Å². The second kappa shape index (κ2) is 8.90. The predicted octanol–water partition coefficient (Wildman–Crippen LogP) is 3.09. The van der Waals surface area contributed by atoms with Gasteiger partial charge in [-0.05, 0) is 51.3 Å². The number of rotatable bonds is 6. The molecule has 1 aromatic heterocycles. The SMILES string of the molecule is Cc1[nH]ncc1CCCNC(=O)Nc1ccccc1N1C[C@@H](C)O[C@@H](C)C1. The third-order valence-corrected chi connectivity index (χ3v) is 4.76. The van der Waals surface area contributed by atoms with Gasteiger partial charge >= 0.3 is 6.03 Å². The van der Waals surface area contributed by atoms with Gasteiger partial charge in [-0.25, -0.2) is 4.79 Å². The number of hydrogen-bond donors (Lipinski definition) is 3. The van der Waals surface area contributed by atoms with Crippen molar-refractivity contribution in [2.24, 2.45) is 0 Å². The molecule has 7 nitrogen and oxygen atoms in total. The molecule has 3 rings (SSSR count). The summed E-state index contributed by atoms with van der Waals surface area (Å²) in [6.45, 7) is 8.40. The van der Waals surface area contributed by atoms with Crippen molar-refractivity contribution < 1.29 is 9.53 Å². The molecule has 0 saturated carbocycles. The summed E-state index contributed by atoms with van der Waals surface area (Å²) in [7, 11) is 0.